The molecule has 0 fully saturated rings. The number of carbonyl (C=O) groups is 1. The number of aryl methyl sites for hydroxylation is 1. The van der Waals surface area contributed by atoms with Crippen LogP contribution < -0.4 is 5.32 Å². The summed E-state index contributed by atoms with van der Waals surface area (Å²) in [4.78, 5) is 12.5. The predicted molar refractivity (Wildman–Crippen MR) is 118 cm³/mol. The van der Waals surface area contributed by atoms with Crippen LogP contribution in [0.15, 0.2) is 60.2 Å². The average Bonchev–Trinajstić information content (AvgIpc) is 3.00. The Bertz CT molecular complexity index is 1150. The maximum atomic E-state index is 13.8. The molecule has 1 amide bonds. The summed E-state index contributed by atoms with van der Waals surface area (Å²) in [6.45, 7) is 8.23. The van der Waals surface area contributed by atoms with Gasteiger partial charge in [-0.3, -0.25) is 4.79 Å². The van der Waals surface area contributed by atoms with Gasteiger partial charge in [0.1, 0.15) is 17.5 Å². The van der Waals surface area contributed by atoms with Crippen molar-refractivity contribution < 1.29 is 9.18 Å². The highest BCUT2D eigenvalue weighted by Crippen LogP contribution is 2.25. The van der Waals surface area contributed by atoms with E-state index in [2.05, 4.69) is 48.0 Å². The van der Waals surface area contributed by atoms with E-state index >= 15 is 0 Å². The maximum Gasteiger partial charge on any atom is 0.266 e. The van der Waals surface area contributed by atoms with Crippen molar-refractivity contribution in [3.63, 3.8) is 0 Å². The van der Waals surface area contributed by atoms with E-state index in [1.807, 2.05) is 26.0 Å². The zero-order valence-electron chi connectivity index (χ0n) is 17.5. The van der Waals surface area contributed by atoms with Crippen LogP contribution in [-0.2, 0) is 4.79 Å². The summed E-state index contributed by atoms with van der Waals surface area (Å²) in [5, 5.41) is 12.0. The maximum absolute atomic E-state index is 13.8. The number of anilines is 1. The van der Waals surface area contributed by atoms with Gasteiger partial charge in [0, 0.05) is 17.1 Å². The summed E-state index contributed by atoms with van der Waals surface area (Å²) in [6.07, 6.45) is 1.54. The highest BCUT2D eigenvalue weighted by atomic mass is 19.1. The Balaban J connectivity index is 1.92. The van der Waals surface area contributed by atoms with E-state index in [1.165, 1.54) is 29.8 Å². The first-order valence-electron chi connectivity index (χ1n) is 9.78. The smallest absolute Gasteiger partial charge is 0.266 e. The fourth-order valence-electron chi connectivity index (χ4n) is 3.40. The molecule has 3 rings (SSSR count). The molecule has 0 atom stereocenters. The van der Waals surface area contributed by atoms with E-state index in [9.17, 15) is 14.4 Å². The second-order valence-corrected chi connectivity index (χ2v) is 7.51. The molecule has 2 aromatic carbocycles. The van der Waals surface area contributed by atoms with Crippen molar-refractivity contribution in [2.24, 2.45) is 0 Å². The molecule has 0 spiro atoms. The predicted octanol–water partition coefficient (Wildman–Crippen LogP) is 5.90. The molecular formula is C25H24FN3O. The van der Waals surface area contributed by atoms with E-state index in [1.54, 1.807) is 6.07 Å². The molecule has 1 aromatic heterocycles. The highest BCUT2D eigenvalue weighted by molar-refractivity contribution is 6.09. The van der Waals surface area contributed by atoms with Gasteiger partial charge in [-0.15, -0.1) is 0 Å². The summed E-state index contributed by atoms with van der Waals surface area (Å²) in [5.74, 6) is -0.740. The third-order valence-corrected chi connectivity index (χ3v) is 5.08. The number of hydrogen-bond donors (Lipinski definition) is 1. The van der Waals surface area contributed by atoms with Gasteiger partial charge in [0.25, 0.3) is 5.91 Å². The number of hydrogen-bond acceptors (Lipinski definition) is 2. The van der Waals surface area contributed by atoms with Crippen LogP contribution >= 0.6 is 0 Å². The van der Waals surface area contributed by atoms with Crippen molar-refractivity contribution in [2.45, 2.75) is 33.6 Å². The van der Waals surface area contributed by atoms with Crippen LogP contribution in [0.25, 0.3) is 11.8 Å². The lowest BCUT2D eigenvalue weighted by molar-refractivity contribution is -0.112. The minimum Gasteiger partial charge on any atom is -0.319 e. The molecule has 0 saturated carbocycles. The Morgan fingerprint density at radius 2 is 1.80 bits per heavy atom. The number of benzene rings is 2. The number of halogens is 1. The van der Waals surface area contributed by atoms with Crippen LogP contribution in [0, 0.1) is 31.0 Å². The first-order valence-corrected chi connectivity index (χ1v) is 9.78. The Kier molecular flexibility index (Phi) is 6.17. The molecule has 0 aliphatic heterocycles. The van der Waals surface area contributed by atoms with E-state index in [-0.39, 0.29) is 11.3 Å². The van der Waals surface area contributed by atoms with Crippen LogP contribution in [0.3, 0.4) is 0 Å². The van der Waals surface area contributed by atoms with Crippen molar-refractivity contribution in [3.8, 4) is 11.8 Å². The molecule has 0 aliphatic rings. The zero-order chi connectivity index (χ0) is 21.8. The molecular weight excluding hydrogens is 377 g/mol. The van der Waals surface area contributed by atoms with Gasteiger partial charge in [-0.1, -0.05) is 38.1 Å². The molecule has 1 heterocycles. The zero-order valence-corrected chi connectivity index (χ0v) is 17.5. The summed E-state index contributed by atoms with van der Waals surface area (Å²) in [5.41, 5.74) is 4.90. The first-order chi connectivity index (χ1) is 14.3. The number of carbonyl (C=O) groups excluding carboxylic acids is 1. The van der Waals surface area contributed by atoms with Gasteiger partial charge in [0.15, 0.2) is 0 Å². The monoisotopic (exact) mass is 401 g/mol. The van der Waals surface area contributed by atoms with Crippen molar-refractivity contribution in [3.05, 3.63) is 88.5 Å². The second kappa shape index (κ2) is 8.79. The fraction of sp³-hybridized carbons (Fsp3) is 0.200. The van der Waals surface area contributed by atoms with E-state index in [0.717, 1.165) is 22.6 Å². The first kappa shape index (κ1) is 21.1. The van der Waals surface area contributed by atoms with Crippen molar-refractivity contribution in [1.29, 1.82) is 5.26 Å². The summed E-state index contributed by atoms with van der Waals surface area (Å²) in [7, 11) is 0. The van der Waals surface area contributed by atoms with Gasteiger partial charge in [0.05, 0.1) is 5.69 Å². The van der Waals surface area contributed by atoms with Crippen LogP contribution in [0.5, 0.6) is 0 Å². The molecule has 0 unspecified atom stereocenters. The number of nitrogens with one attached hydrogen (secondary N) is 1. The fourth-order valence-corrected chi connectivity index (χ4v) is 3.40. The number of amides is 1. The third-order valence-electron chi connectivity index (χ3n) is 5.08. The molecule has 152 valence electrons. The number of nitrogens with zero attached hydrogens (tertiary/aromatic N) is 2. The average molecular weight is 401 g/mol. The second-order valence-electron chi connectivity index (χ2n) is 7.51. The molecule has 1 N–H and O–H groups in total. The molecule has 0 radical (unpaired) electrons. The number of nitriles is 1. The summed E-state index contributed by atoms with van der Waals surface area (Å²) < 4.78 is 15.9. The minimum absolute atomic E-state index is 0.0411. The van der Waals surface area contributed by atoms with E-state index in [4.69, 9.17) is 0 Å². The highest BCUT2D eigenvalue weighted by Gasteiger charge is 2.15. The lowest BCUT2D eigenvalue weighted by Crippen LogP contribution is -2.14. The lowest BCUT2D eigenvalue weighted by atomic mass is 10.0. The van der Waals surface area contributed by atoms with E-state index in [0.29, 0.717) is 5.92 Å². The molecule has 0 aliphatic carbocycles. The Morgan fingerprint density at radius 3 is 2.40 bits per heavy atom. The van der Waals surface area contributed by atoms with Gasteiger partial charge in [-0.2, -0.15) is 5.26 Å². The molecule has 5 heteroatoms. The van der Waals surface area contributed by atoms with Crippen LogP contribution in [0.4, 0.5) is 10.1 Å². The largest absolute Gasteiger partial charge is 0.319 e. The Labute approximate surface area is 176 Å². The summed E-state index contributed by atoms with van der Waals surface area (Å²) >= 11 is 0. The van der Waals surface area contributed by atoms with Gasteiger partial charge in [-0.25, -0.2) is 4.39 Å². The van der Waals surface area contributed by atoms with Crippen molar-refractivity contribution in [1.82, 2.24) is 4.57 Å². The van der Waals surface area contributed by atoms with Crippen molar-refractivity contribution >= 4 is 17.7 Å². The van der Waals surface area contributed by atoms with E-state index < -0.39 is 11.7 Å². The Hall–Kier alpha value is -3.65. The molecule has 0 bridgehead atoms. The van der Waals surface area contributed by atoms with Crippen LogP contribution in [0.2, 0.25) is 0 Å². The van der Waals surface area contributed by atoms with Crippen molar-refractivity contribution in [2.75, 3.05) is 5.32 Å². The van der Waals surface area contributed by atoms with Gasteiger partial charge >= 0.3 is 0 Å². The molecule has 3 aromatic rings. The SMILES string of the molecule is Cc1cc(/C=C(/C#N)C(=O)Nc2ccccc2F)c(C)n1-c1ccc(C(C)C)cc1. The number of para-hydroxylation sites is 1. The number of aromatic nitrogens is 1. The topological polar surface area (TPSA) is 57.8 Å². The molecule has 30 heavy (non-hydrogen) atoms. The normalized spacial score (nSPS) is 11.4. The third kappa shape index (κ3) is 4.33. The standard InChI is InChI=1S/C25H24FN3O/c1-16(2)19-9-11-22(12-10-19)29-17(3)13-20(18(29)4)14-21(15-27)25(30)28-24-8-6-5-7-23(24)26/h5-14,16H,1-4H3,(H,28,30)/b21-14-. The van der Waals surface area contributed by atoms with Crippen LogP contribution in [-0.4, -0.2) is 10.5 Å². The van der Waals surface area contributed by atoms with Gasteiger partial charge in [-0.05, 0) is 67.3 Å². The molecule has 4 nitrogen and oxygen atoms in total. The lowest BCUT2D eigenvalue weighted by Gasteiger charge is -2.12. The minimum atomic E-state index is -0.645. The molecule has 0 saturated heterocycles. The number of rotatable bonds is 5. The summed E-state index contributed by atoms with van der Waals surface area (Å²) in [6, 6.07) is 18.1. The van der Waals surface area contributed by atoms with Crippen LogP contribution in [0.1, 0.15) is 42.3 Å². The van der Waals surface area contributed by atoms with Gasteiger partial charge < -0.3 is 9.88 Å². The Morgan fingerprint density at radius 1 is 1.13 bits per heavy atom. The quantitative estimate of drug-likeness (QED) is 0.427. The van der Waals surface area contributed by atoms with Gasteiger partial charge in [0.2, 0.25) is 0 Å².